The predicted molar refractivity (Wildman–Crippen MR) is 45.5 cm³/mol. The fourth-order valence-corrected chi connectivity index (χ4v) is 0.351. The molecule has 0 nitrogen and oxygen atoms in total. The monoisotopic (exact) mass is 124 g/mol. The molecule has 0 saturated carbocycles. The summed E-state index contributed by atoms with van der Waals surface area (Å²) < 4.78 is 0. The van der Waals surface area contributed by atoms with E-state index < -0.39 is 0 Å². The van der Waals surface area contributed by atoms with Gasteiger partial charge in [0.15, 0.2) is 0 Å². The zero-order chi connectivity index (χ0) is 6.24. The van der Waals surface area contributed by atoms with Crippen LogP contribution < -0.4 is 0 Å². The summed E-state index contributed by atoms with van der Waals surface area (Å²) in [5.74, 6) is 0. The molecule has 0 spiro atoms. The highest BCUT2D eigenvalue weighted by atomic mass is 13.6. The maximum absolute atomic E-state index is 2.00. The Hall–Kier alpha value is -0.780. The summed E-state index contributed by atoms with van der Waals surface area (Å²) in [7, 11) is 0. The van der Waals surface area contributed by atoms with Gasteiger partial charge >= 0.3 is 0 Å². The summed E-state index contributed by atoms with van der Waals surface area (Å²) in [6.45, 7) is 4.00. The zero-order valence-electron chi connectivity index (χ0n) is 5.46. The molecule has 0 atom stereocenters. The molecular formula is C9H16. The van der Waals surface area contributed by atoms with Gasteiger partial charge < -0.3 is 0 Å². The van der Waals surface area contributed by atoms with Crippen molar-refractivity contribution in [2.24, 2.45) is 0 Å². The summed E-state index contributed by atoms with van der Waals surface area (Å²) in [6.07, 6.45) is 12.0. The summed E-state index contributed by atoms with van der Waals surface area (Å²) in [4.78, 5) is 0. The maximum Gasteiger partial charge on any atom is -0.0467 e. The van der Waals surface area contributed by atoms with E-state index in [-0.39, 0.29) is 7.43 Å². The Morgan fingerprint density at radius 2 is 1.00 bits per heavy atom. The second kappa shape index (κ2) is 10.3. The molecule has 0 saturated heterocycles. The fraction of sp³-hybridized carbons (Fsp3) is 0.333. The predicted octanol–water partition coefficient (Wildman–Crippen LogP) is 3.33. The minimum absolute atomic E-state index is 0. The van der Waals surface area contributed by atoms with Crippen molar-refractivity contribution in [2.75, 3.05) is 0 Å². The summed E-state index contributed by atoms with van der Waals surface area (Å²) in [5, 5.41) is 0. The van der Waals surface area contributed by atoms with E-state index in [0.717, 1.165) is 0 Å². The van der Waals surface area contributed by atoms with Crippen molar-refractivity contribution < 1.29 is 0 Å². The summed E-state index contributed by atoms with van der Waals surface area (Å²) in [6, 6.07) is 0. The highest BCUT2D eigenvalue weighted by Crippen LogP contribution is 1.77. The van der Waals surface area contributed by atoms with Crippen LogP contribution in [0.25, 0.3) is 0 Å². The molecule has 0 unspecified atom stereocenters. The third-order valence-electron chi connectivity index (χ3n) is 0.718. The number of rotatable bonds is 2. The van der Waals surface area contributed by atoms with Gasteiger partial charge in [-0.05, 0) is 13.8 Å². The average molecular weight is 124 g/mol. The molecule has 0 heteroatoms. The lowest BCUT2D eigenvalue weighted by Gasteiger charge is -1.68. The molecule has 0 bridgehead atoms. The van der Waals surface area contributed by atoms with Crippen molar-refractivity contribution in [3.05, 3.63) is 36.5 Å². The van der Waals surface area contributed by atoms with Crippen LogP contribution in [0.1, 0.15) is 21.3 Å². The lowest BCUT2D eigenvalue weighted by molar-refractivity contribution is 1.71. The number of hydrogen-bond donors (Lipinski definition) is 0. The Balaban J connectivity index is 0. The largest absolute Gasteiger partial charge is 0.0877 e. The number of allylic oxidation sites excluding steroid dienone is 6. The normalized spacial score (nSPS) is 11.3. The van der Waals surface area contributed by atoms with Crippen LogP contribution in [-0.2, 0) is 0 Å². The fourth-order valence-electron chi connectivity index (χ4n) is 0.351. The van der Waals surface area contributed by atoms with E-state index in [0.29, 0.717) is 0 Å². The molecule has 0 aliphatic heterocycles. The Morgan fingerprint density at radius 1 is 0.667 bits per heavy atom. The van der Waals surface area contributed by atoms with Crippen LogP contribution in [0.2, 0.25) is 0 Å². The van der Waals surface area contributed by atoms with Crippen LogP contribution in [0.4, 0.5) is 0 Å². The molecule has 0 aliphatic carbocycles. The Bertz CT molecular complexity index is 91.2. The first-order chi connectivity index (χ1) is 3.91. The van der Waals surface area contributed by atoms with Crippen LogP contribution in [0, 0.1) is 0 Å². The maximum atomic E-state index is 2.00. The Kier molecular flexibility index (Phi) is 12.6. The lowest BCUT2D eigenvalue weighted by Crippen LogP contribution is -1.46. The molecule has 52 valence electrons. The molecule has 9 heavy (non-hydrogen) atoms. The SMILES string of the molecule is C.C/C=C/C=C\C=C\C. The van der Waals surface area contributed by atoms with Gasteiger partial charge in [0.25, 0.3) is 0 Å². The van der Waals surface area contributed by atoms with Crippen LogP contribution in [-0.4, -0.2) is 0 Å². The Labute approximate surface area is 58.6 Å². The molecule has 0 aromatic heterocycles. The third kappa shape index (κ3) is 11.0. The highest BCUT2D eigenvalue weighted by Gasteiger charge is 1.55. The van der Waals surface area contributed by atoms with Crippen molar-refractivity contribution in [3.63, 3.8) is 0 Å². The van der Waals surface area contributed by atoms with Gasteiger partial charge in [0.1, 0.15) is 0 Å². The van der Waals surface area contributed by atoms with E-state index >= 15 is 0 Å². The van der Waals surface area contributed by atoms with Crippen LogP contribution in [0.15, 0.2) is 36.5 Å². The van der Waals surface area contributed by atoms with Gasteiger partial charge in [0.2, 0.25) is 0 Å². The van der Waals surface area contributed by atoms with Crippen molar-refractivity contribution in [3.8, 4) is 0 Å². The first-order valence-corrected chi connectivity index (χ1v) is 2.82. The van der Waals surface area contributed by atoms with Crippen LogP contribution >= 0.6 is 0 Å². The molecule has 0 heterocycles. The van der Waals surface area contributed by atoms with Gasteiger partial charge in [-0.1, -0.05) is 43.9 Å². The molecule has 0 aromatic rings. The third-order valence-corrected chi connectivity index (χ3v) is 0.718. The van der Waals surface area contributed by atoms with E-state index in [2.05, 4.69) is 0 Å². The lowest BCUT2D eigenvalue weighted by atomic mass is 10.4. The Morgan fingerprint density at radius 3 is 1.22 bits per heavy atom. The van der Waals surface area contributed by atoms with E-state index in [4.69, 9.17) is 0 Å². The van der Waals surface area contributed by atoms with Crippen LogP contribution in [0.5, 0.6) is 0 Å². The quantitative estimate of drug-likeness (QED) is 0.495. The van der Waals surface area contributed by atoms with E-state index in [1.165, 1.54) is 0 Å². The second-order valence-corrected chi connectivity index (χ2v) is 1.44. The molecular weight excluding hydrogens is 108 g/mol. The van der Waals surface area contributed by atoms with Crippen LogP contribution in [0.3, 0.4) is 0 Å². The van der Waals surface area contributed by atoms with Crippen molar-refractivity contribution in [1.82, 2.24) is 0 Å². The smallest absolute Gasteiger partial charge is 0.0467 e. The van der Waals surface area contributed by atoms with Crippen molar-refractivity contribution in [1.29, 1.82) is 0 Å². The summed E-state index contributed by atoms with van der Waals surface area (Å²) in [5.41, 5.74) is 0. The highest BCUT2D eigenvalue weighted by molar-refractivity contribution is 5.09. The topological polar surface area (TPSA) is 0 Å². The minimum Gasteiger partial charge on any atom is -0.0877 e. The van der Waals surface area contributed by atoms with Gasteiger partial charge in [0.05, 0.1) is 0 Å². The summed E-state index contributed by atoms with van der Waals surface area (Å²) >= 11 is 0. The van der Waals surface area contributed by atoms with Gasteiger partial charge in [-0.25, -0.2) is 0 Å². The van der Waals surface area contributed by atoms with Crippen molar-refractivity contribution >= 4 is 0 Å². The first-order valence-electron chi connectivity index (χ1n) is 2.82. The second-order valence-electron chi connectivity index (χ2n) is 1.44. The molecule has 0 rings (SSSR count). The first kappa shape index (κ1) is 11.1. The van der Waals surface area contributed by atoms with E-state index in [9.17, 15) is 0 Å². The molecule has 0 aliphatic rings. The van der Waals surface area contributed by atoms with Gasteiger partial charge in [-0.3, -0.25) is 0 Å². The molecule has 0 N–H and O–H groups in total. The zero-order valence-corrected chi connectivity index (χ0v) is 5.46. The average Bonchev–Trinajstić information content (AvgIpc) is 1.81. The van der Waals surface area contributed by atoms with Gasteiger partial charge in [0, 0.05) is 0 Å². The standard InChI is InChI=1S/C8H12.CH4/c1-3-5-7-8-6-4-2;/h3-8H,1-2H3;1H4/b5-3+,6-4+,8-7-;. The number of hydrogen-bond acceptors (Lipinski definition) is 0. The van der Waals surface area contributed by atoms with Gasteiger partial charge in [-0.15, -0.1) is 0 Å². The minimum atomic E-state index is 0. The van der Waals surface area contributed by atoms with Gasteiger partial charge in [-0.2, -0.15) is 0 Å². The molecule has 0 fully saturated rings. The molecule has 0 amide bonds. The van der Waals surface area contributed by atoms with E-state index in [1.807, 2.05) is 50.3 Å². The van der Waals surface area contributed by atoms with E-state index in [1.54, 1.807) is 0 Å². The van der Waals surface area contributed by atoms with Crippen molar-refractivity contribution in [2.45, 2.75) is 21.3 Å². The molecule has 0 aromatic carbocycles. The molecule has 0 radical (unpaired) electrons.